The molecule has 3 N–H and O–H groups in total. The van der Waals surface area contributed by atoms with E-state index in [1.54, 1.807) is 5.48 Å². The van der Waals surface area contributed by atoms with E-state index in [0.29, 0.717) is 57.2 Å². The first-order valence-corrected chi connectivity index (χ1v) is 12.6. The highest BCUT2D eigenvalue weighted by Crippen LogP contribution is 2.29. The van der Waals surface area contributed by atoms with Crippen LogP contribution in [0.1, 0.15) is 45.4 Å². The lowest BCUT2D eigenvalue weighted by Gasteiger charge is -2.34. The third kappa shape index (κ3) is 7.93. The molecule has 186 valence electrons. The molecule has 0 aliphatic carbocycles. The van der Waals surface area contributed by atoms with Gasteiger partial charge in [-0.25, -0.2) is 10.5 Å². The summed E-state index contributed by atoms with van der Waals surface area (Å²) in [5.41, 5.74) is 2.45. The zero-order chi connectivity index (χ0) is 24.3. The number of hydrogen-bond donors (Lipinski definition) is 3. The van der Waals surface area contributed by atoms with Gasteiger partial charge in [0.2, 0.25) is 17.7 Å². The van der Waals surface area contributed by atoms with Gasteiger partial charge in [0.25, 0.3) is 0 Å². The van der Waals surface area contributed by atoms with E-state index in [9.17, 15) is 14.4 Å². The summed E-state index contributed by atoms with van der Waals surface area (Å²) in [4.78, 5) is 44.3. The van der Waals surface area contributed by atoms with Gasteiger partial charge in [0.05, 0.1) is 23.4 Å². The van der Waals surface area contributed by atoms with Gasteiger partial charge in [-0.2, -0.15) is 0 Å². The number of carbonyl (C=O) groups excluding carboxylic acids is 3. The van der Waals surface area contributed by atoms with Crippen molar-refractivity contribution in [1.82, 2.24) is 20.3 Å². The van der Waals surface area contributed by atoms with E-state index in [-0.39, 0.29) is 24.3 Å². The van der Waals surface area contributed by atoms with Gasteiger partial charge in [-0.05, 0) is 38.0 Å². The number of thiazole rings is 1. The number of aromatic nitrogens is 1. The van der Waals surface area contributed by atoms with Crippen LogP contribution in [0.3, 0.4) is 0 Å². The molecule has 0 unspecified atom stereocenters. The van der Waals surface area contributed by atoms with Crippen LogP contribution >= 0.6 is 11.3 Å². The summed E-state index contributed by atoms with van der Waals surface area (Å²) in [5, 5.41) is 11.9. The zero-order valence-corrected chi connectivity index (χ0v) is 20.4. The Morgan fingerprint density at radius 3 is 2.50 bits per heavy atom. The first-order chi connectivity index (χ1) is 16.5. The molecule has 0 atom stereocenters. The Bertz CT molecular complexity index is 974. The van der Waals surface area contributed by atoms with E-state index < -0.39 is 0 Å². The molecular weight excluding hydrogens is 458 g/mol. The number of hydroxylamine groups is 1. The SMILES string of the molecule is CCOc1ccc2nc(NC(=O)CN3CCN(C(=O)CCCCCCC(=O)NO)CC3)sc2c1. The summed E-state index contributed by atoms with van der Waals surface area (Å²) in [6.07, 6.45) is 4.02. The number of piperazine rings is 1. The summed E-state index contributed by atoms with van der Waals surface area (Å²) in [6, 6.07) is 5.69. The van der Waals surface area contributed by atoms with E-state index in [1.165, 1.54) is 11.3 Å². The van der Waals surface area contributed by atoms with Crippen molar-refractivity contribution in [2.24, 2.45) is 0 Å². The van der Waals surface area contributed by atoms with Gasteiger partial charge in [0.1, 0.15) is 5.75 Å². The Labute approximate surface area is 203 Å². The van der Waals surface area contributed by atoms with Crippen molar-refractivity contribution < 1.29 is 24.3 Å². The monoisotopic (exact) mass is 491 g/mol. The normalized spacial score (nSPS) is 14.2. The molecule has 0 saturated carbocycles. The number of nitrogens with zero attached hydrogens (tertiary/aromatic N) is 3. The van der Waals surface area contributed by atoms with Crippen LogP contribution in [-0.4, -0.2) is 77.0 Å². The predicted molar refractivity (Wildman–Crippen MR) is 130 cm³/mol. The summed E-state index contributed by atoms with van der Waals surface area (Å²) in [5.74, 6) is 0.437. The molecular formula is C23H33N5O5S. The van der Waals surface area contributed by atoms with Crippen LogP contribution in [0.15, 0.2) is 18.2 Å². The number of anilines is 1. The number of unbranched alkanes of at least 4 members (excludes halogenated alkanes) is 3. The highest BCUT2D eigenvalue weighted by molar-refractivity contribution is 7.22. The molecule has 1 aromatic carbocycles. The molecule has 1 aromatic heterocycles. The molecule has 11 heteroatoms. The number of nitrogens with one attached hydrogen (secondary N) is 2. The Morgan fingerprint density at radius 1 is 1.06 bits per heavy atom. The molecule has 10 nitrogen and oxygen atoms in total. The Balaban J connectivity index is 1.33. The largest absolute Gasteiger partial charge is 0.494 e. The summed E-state index contributed by atoms with van der Waals surface area (Å²) in [6.45, 7) is 5.35. The molecule has 0 spiro atoms. The highest BCUT2D eigenvalue weighted by atomic mass is 32.1. The third-order valence-corrected chi connectivity index (χ3v) is 6.61. The van der Waals surface area contributed by atoms with Crippen LogP contribution in [0.4, 0.5) is 5.13 Å². The lowest BCUT2D eigenvalue weighted by Crippen LogP contribution is -2.50. The fourth-order valence-corrected chi connectivity index (χ4v) is 4.77. The molecule has 0 bridgehead atoms. The van der Waals surface area contributed by atoms with Gasteiger partial charge in [-0.1, -0.05) is 24.2 Å². The van der Waals surface area contributed by atoms with Crippen molar-refractivity contribution in [3.05, 3.63) is 18.2 Å². The first-order valence-electron chi connectivity index (χ1n) is 11.7. The maximum atomic E-state index is 12.5. The molecule has 3 rings (SSSR count). The minimum absolute atomic E-state index is 0.112. The van der Waals surface area contributed by atoms with Gasteiger partial charge in [-0.3, -0.25) is 24.5 Å². The second-order valence-corrected chi connectivity index (χ2v) is 9.27. The quantitative estimate of drug-likeness (QED) is 0.237. The van der Waals surface area contributed by atoms with Gasteiger partial charge < -0.3 is 15.0 Å². The van der Waals surface area contributed by atoms with Gasteiger partial charge in [-0.15, -0.1) is 0 Å². The molecule has 34 heavy (non-hydrogen) atoms. The number of carbonyl (C=O) groups is 3. The van der Waals surface area contributed by atoms with Gasteiger partial charge >= 0.3 is 0 Å². The molecule has 2 aromatic rings. The van der Waals surface area contributed by atoms with Crippen molar-refractivity contribution in [2.45, 2.75) is 45.4 Å². The van der Waals surface area contributed by atoms with Crippen LogP contribution in [-0.2, 0) is 14.4 Å². The van der Waals surface area contributed by atoms with Crippen molar-refractivity contribution >= 4 is 44.4 Å². The summed E-state index contributed by atoms with van der Waals surface area (Å²) >= 11 is 1.42. The van der Waals surface area contributed by atoms with Gasteiger partial charge in [0.15, 0.2) is 5.13 Å². The second-order valence-electron chi connectivity index (χ2n) is 8.24. The van der Waals surface area contributed by atoms with Crippen LogP contribution in [0, 0.1) is 0 Å². The number of hydrogen-bond acceptors (Lipinski definition) is 8. The highest BCUT2D eigenvalue weighted by Gasteiger charge is 2.22. The number of amides is 3. The van der Waals surface area contributed by atoms with Crippen LogP contribution in [0.5, 0.6) is 5.75 Å². The summed E-state index contributed by atoms with van der Waals surface area (Å²) < 4.78 is 6.48. The maximum absolute atomic E-state index is 12.5. The van der Waals surface area contributed by atoms with Gasteiger partial charge in [0, 0.05) is 39.0 Å². The van der Waals surface area contributed by atoms with E-state index in [1.807, 2.05) is 34.9 Å². The topological polar surface area (TPSA) is 124 Å². The lowest BCUT2D eigenvalue weighted by atomic mass is 10.1. The van der Waals surface area contributed by atoms with Crippen LogP contribution < -0.4 is 15.5 Å². The Morgan fingerprint density at radius 2 is 1.79 bits per heavy atom. The minimum atomic E-state index is -0.376. The zero-order valence-electron chi connectivity index (χ0n) is 19.5. The fraction of sp³-hybridized carbons (Fsp3) is 0.565. The molecule has 3 amide bonds. The van der Waals surface area contributed by atoms with E-state index in [2.05, 4.69) is 10.3 Å². The van der Waals surface area contributed by atoms with E-state index in [4.69, 9.17) is 9.94 Å². The first kappa shape index (κ1) is 25.9. The maximum Gasteiger partial charge on any atom is 0.243 e. The summed E-state index contributed by atoms with van der Waals surface area (Å²) in [7, 11) is 0. The number of fused-ring (bicyclic) bond motifs is 1. The lowest BCUT2D eigenvalue weighted by molar-refractivity contribution is -0.133. The van der Waals surface area contributed by atoms with Crippen molar-refractivity contribution in [3.8, 4) is 5.75 Å². The van der Waals surface area contributed by atoms with Crippen molar-refractivity contribution in [1.29, 1.82) is 0 Å². The van der Waals surface area contributed by atoms with Crippen LogP contribution in [0.25, 0.3) is 10.2 Å². The van der Waals surface area contributed by atoms with Crippen LogP contribution in [0.2, 0.25) is 0 Å². The van der Waals surface area contributed by atoms with E-state index in [0.717, 1.165) is 35.2 Å². The molecule has 2 heterocycles. The average molecular weight is 492 g/mol. The number of benzene rings is 1. The Hall–Kier alpha value is -2.76. The fourth-order valence-electron chi connectivity index (χ4n) is 3.86. The molecule has 1 aliphatic rings. The number of rotatable bonds is 12. The average Bonchev–Trinajstić information content (AvgIpc) is 3.22. The second kappa shape index (κ2) is 13.2. The van der Waals surface area contributed by atoms with E-state index >= 15 is 0 Å². The molecule has 1 fully saturated rings. The molecule has 1 saturated heterocycles. The predicted octanol–water partition coefficient (Wildman–Crippen LogP) is 2.62. The smallest absolute Gasteiger partial charge is 0.243 e. The van der Waals surface area contributed by atoms with Crippen molar-refractivity contribution in [2.75, 3.05) is 44.6 Å². The molecule has 0 radical (unpaired) electrons. The standard InChI is InChI=1S/C23H33N5O5S/c1-2-33-17-9-10-18-19(15-17)34-23(24-18)25-21(30)16-27-11-13-28(14-12-27)22(31)8-6-4-3-5-7-20(29)26-32/h9-10,15,32H,2-8,11-14,16H2,1H3,(H,26,29)(H,24,25,30). The molecule has 1 aliphatic heterocycles. The number of ether oxygens (including phenoxy) is 1. The van der Waals surface area contributed by atoms with Crippen molar-refractivity contribution in [3.63, 3.8) is 0 Å². The Kier molecular flexibility index (Phi) is 10.0. The minimum Gasteiger partial charge on any atom is -0.494 e. The third-order valence-electron chi connectivity index (χ3n) is 5.68.